The summed E-state index contributed by atoms with van der Waals surface area (Å²) in [6.45, 7) is 0. The van der Waals surface area contributed by atoms with E-state index in [-0.39, 0.29) is 18.1 Å². The molecular formula is C19H13FN2O2S. The number of carbonyl (C=O) groups is 1. The van der Waals surface area contributed by atoms with Gasteiger partial charge in [0.05, 0.1) is 6.42 Å². The number of halogens is 1. The molecule has 4 aromatic rings. The standard InChI is InChI=1S/C19H13FN2O2S/c20-14-6-3-4-12(8-14)9-18(23)22-19-21-15(11-25-19)17-10-13-5-1-2-7-16(13)24-17/h1-8,10-11H,9H2,(H,21,22,23). The molecule has 2 heterocycles. The van der Waals surface area contributed by atoms with Crippen LogP contribution in [0.3, 0.4) is 0 Å². The molecule has 0 atom stereocenters. The van der Waals surface area contributed by atoms with Gasteiger partial charge >= 0.3 is 0 Å². The van der Waals surface area contributed by atoms with Crippen LogP contribution in [0.5, 0.6) is 0 Å². The van der Waals surface area contributed by atoms with E-state index in [2.05, 4.69) is 10.3 Å². The van der Waals surface area contributed by atoms with Crippen molar-refractivity contribution in [2.75, 3.05) is 5.32 Å². The highest BCUT2D eigenvalue weighted by Gasteiger charge is 2.12. The first-order valence-electron chi connectivity index (χ1n) is 7.66. The molecule has 0 saturated carbocycles. The summed E-state index contributed by atoms with van der Waals surface area (Å²) in [5.41, 5.74) is 2.08. The maximum absolute atomic E-state index is 13.2. The molecule has 0 fully saturated rings. The van der Waals surface area contributed by atoms with Crippen molar-refractivity contribution in [2.24, 2.45) is 0 Å². The SMILES string of the molecule is O=C(Cc1cccc(F)c1)Nc1nc(-c2cc3ccccc3o2)cs1. The van der Waals surface area contributed by atoms with E-state index in [4.69, 9.17) is 4.42 Å². The van der Waals surface area contributed by atoms with Gasteiger partial charge in [-0.15, -0.1) is 11.3 Å². The molecule has 4 nitrogen and oxygen atoms in total. The van der Waals surface area contributed by atoms with E-state index in [0.717, 1.165) is 11.0 Å². The lowest BCUT2D eigenvalue weighted by Gasteiger charge is -2.02. The summed E-state index contributed by atoms with van der Waals surface area (Å²) < 4.78 is 18.9. The van der Waals surface area contributed by atoms with E-state index >= 15 is 0 Å². The fourth-order valence-corrected chi connectivity index (χ4v) is 3.26. The zero-order valence-corrected chi connectivity index (χ0v) is 13.8. The lowest BCUT2D eigenvalue weighted by atomic mass is 10.1. The molecule has 0 unspecified atom stereocenters. The van der Waals surface area contributed by atoms with Gasteiger partial charge in [0.1, 0.15) is 17.1 Å². The Labute approximate surface area is 146 Å². The zero-order chi connectivity index (χ0) is 17.2. The minimum absolute atomic E-state index is 0.0946. The first-order valence-corrected chi connectivity index (χ1v) is 8.54. The number of fused-ring (bicyclic) bond motifs is 1. The highest BCUT2D eigenvalue weighted by molar-refractivity contribution is 7.14. The molecule has 4 rings (SSSR count). The summed E-state index contributed by atoms with van der Waals surface area (Å²) in [6, 6.07) is 15.6. The van der Waals surface area contributed by atoms with E-state index < -0.39 is 0 Å². The number of hydrogen-bond donors (Lipinski definition) is 1. The van der Waals surface area contributed by atoms with Crippen molar-refractivity contribution in [2.45, 2.75) is 6.42 Å². The van der Waals surface area contributed by atoms with Crippen molar-refractivity contribution >= 4 is 33.3 Å². The van der Waals surface area contributed by atoms with E-state index in [1.165, 1.54) is 23.5 Å². The quantitative estimate of drug-likeness (QED) is 0.570. The Bertz CT molecular complexity index is 1020. The van der Waals surface area contributed by atoms with Crippen molar-refractivity contribution in [1.29, 1.82) is 0 Å². The van der Waals surface area contributed by atoms with Crippen molar-refractivity contribution < 1.29 is 13.6 Å². The second-order valence-corrected chi connectivity index (χ2v) is 6.40. The zero-order valence-electron chi connectivity index (χ0n) is 13.0. The van der Waals surface area contributed by atoms with Gasteiger partial charge in [-0.1, -0.05) is 30.3 Å². The summed E-state index contributed by atoms with van der Waals surface area (Å²) in [5, 5.41) is 6.05. The van der Waals surface area contributed by atoms with Crippen LogP contribution in [0.1, 0.15) is 5.56 Å². The Kier molecular flexibility index (Phi) is 4.03. The van der Waals surface area contributed by atoms with Crippen LogP contribution >= 0.6 is 11.3 Å². The summed E-state index contributed by atoms with van der Waals surface area (Å²) in [6.07, 6.45) is 0.0946. The number of rotatable bonds is 4. The molecule has 1 N–H and O–H groups in total. The summed E-state index contributed by atoms with van der Waals surface area (Å²) in [5.74, 6) is 0.0610. The average Bonchev–Trinajstić information content (AvgIpc) is 3.20. The number of amides is 1. The van der Waals surface area contributed by atoms with Crippen LogP contribution in [0, 0.1) is 5.82 Å². The summed E-state index contributed by atoms with van der Waals surface area (Å²) in [4.78, 5) is 16.5. The molecule has 6 heteroatoms. The van der Waals surface area contributed by atoms with Gasteiger partial charge < -0.3 is 9.73 Å². The molecule has 0 radical (unpaired) electrons. The summed E-state index contributed by atoms with van der Waals surface area (Å²) >= 11 is 1.32. The number of benzene rings is 2. The largest absolute Gasteiger partial charge is 0.454 e. The number of aromatic nitrogens is 1. The number of thiazole rings is 1. The third-order valence-corrected chi connectivity index (χ3v) is 4.44. The second-order valence-electron chi connectivity index (χ2n) is 5.54. The molecule has 2 aromatic heterocycles. The van der Waals surface area contributed by atoms with Crippen molar-refractivity contribution in [3.63, 3.8) is 0 Å². The van der Waals surface area contributed by atoms with Gasteiger partial charge in [-0.25, -0.2) is 9.37 Å². The average molecular weight is 352 g/mol. The number of furan rings is 1. The third kappa shape index (κ3) is 3.44. The number of nitrogens with one attached hydrogen (secondary N) is 1. The van der Waals surface area contributed by atoms with Crippen LogP contribution in [0.4, 0.5) is 9.52 Å². The maximum atomic E-state index is 13.2. The number of para-hydroxylation sites is 1. The lowest BCUT2D eigenvalue weighted by Crippen LogP contribution is -2.14. The number of nitrogens with zero attached hydrogens (tertiary/aromatic N) is 1. The van der Waals surface area contributed by atoms with Crippen LogP contribution in [0.25, 0.3) is 22.4 Å². The molecule has 124 valence electrons. The van der Waals surface area contributed by atoms with E-state index in [1.54, 1.807) is 12.1 Å². The van der Waals surface area contributed by atoms with E-state index in [0.29, 0.717) is 22.1 Å². The normalized spacial score (nSPS) is 10.9. The molecule has 0 aliphatic carbocycles. The van der Waals surface area contributed by atoms with Crippen molar-refractivity contribution in [3.05, 3.63) is 71.4 Å². The minimum Gasteiger partial charge on any atom is -0.454 e. The molecule has 25 heavy (non-hydrogen) atoms. The van der Waals surface area contributed by atoms with Gasteiger partial charge in [0.15, 0.2) is 10.9 Å². The van der Waals surface area contributed by atoms with Crippen LogP contribution in [-0.2, 0) is 11.2 Å². The third-order valence-electron chi connectivity index (χ3n) is 3.68. The van der Waals surface area contributed by atoms with Gasteiger partial charge in [-0.2, -0.15) is 0 Å². The van der Waals surface area contributed by atoms with E-state index in [9.17, 15) is 9.18 Å². The second kappa shape index (κ2) is 6.49. The first kappa shape index (κ1) is 15.5. The van der Waals surface area contributed by atoms with Gasteiger partial charge in [-0.3, -0.25) is 4.79 Å². The molecule has 2 aromatic carbocycles. The van der Waals surface area contributed by atoms with Crippen LogP contribution in [0.2, 0.25) is 0 Å². The maximum Gasteiger partial charge on any atom is 0.230 e. The molecular weight excluding hydrogens is 339 g/mol. The predicted octanol–water partition coefficient (Wildman–Crippen LogP) is 4.88. The lowest BCUT2D eigenvalue weighted by molar-refractivity contribution is -0.115. The van der Waals surface area contributed by atoms with Gasteiger partial charge in [0.25, 0.3) is 0 Å². The molecule has 1 amide bonds. The Morgan fingerprint density at radius 3 is 2.88 bits per heavy atom. The number of anilines is 1. The first-order chi connectivity index (χ1) is 12.2. The Balaban J connectivity index is 1.48. The molecule has 0 aliphatic rings. The fraction of sp³-hybridized carbons (Fsp3) is 0.0526. The molecule has 0 spiro atoms. The van der Waals surface area contributed by atoms with Crippen molar-refractivity contribution in [3.8, 4) is 11.5 Å². The fourth-order valence-electron chi connectivity index (χ4n) is 2.55. The van der Waals surface area contributed by atoms with Crippen LogP contribution in [-0.4, -0.2) is 10.9 Å². The monoisotopic (exact) mass is 352 g/mol. The Morgan fingerprint density at radius 2 is 2.04 bits per heavy atom. The summed E-state index contributed by atoms with van der Waals surface area (Å²) in [7, 11) is 0. The topological polar surface area (TPSA) is 55.1 Å². The van der Waals surface area contributed by atoms with E-state index in [1.807, 2.05) is 35.7 Å². The number of hydrogen-bond acceptors (Lipinski definition) is 4. The Morgan fingerprint density at radius 1 is 1.16 bits per heavy atom. The highest BCUT2D eigenvalue weighted by atomic mass is 32.1. The van der Waals surface area contributed by atoms with Crippen LogP contribution < -0.4 is 5.32 Å². The predicted molar refractivity (Wildman–Crippen MR) is 96.1 cm³/mol. The Hall–Kier alpha value is -2.99. The molecule has 0 aliphatic heterocycles. The van der Waals surface area contributed by atoms with Gasteiger partial charge in [0.2, 0.25) is 5.91 Å². The van der Waals surface area contributed by atoms with Crippen LogP contribution in [0.15, 0.2) is 64.4 Å². The molecule has 0 saturated heterocycles. The van der Waals surface area contributed by atoms with Gasteiger partial charge in [-0.05, 0) is 29.8 Å². The molecule has 0 bridgehead atoms. The minimum atomic E-state index is -0.355. The van der Waals surface area contributed by atoms with Crippen molar-refractivity contribution in [1.82, 2.24) is 4.98 Å². The van der Waals surface area contributed by atoms with Gasteiger partial charge in [0, 0.05) is 10.8 Å². The smallest absolute Gasteiger partial charge is 0.230 e. The highest BCUT2D eigenvalue weighted by Crippen LogP contribution is 2.30. The number of carbonyl (C=O) groups excluding carboxylic acids is 1.